The molecule has 0 bridgehead atoms. The van der Waals surface area contributed by atoms with Gasteiger partial charge in [0.15, 0.2) is 0 Å². The summed E-state index contributed by atoms with van der Waals surface area (Å²) < 4.78 is 36.5. The van der Waals surface area contributed by atoms with Gasteiger partial charge in [-0.25, -0.2) is 23.6 Å². The number of carbonyl (C=O) groups excluding carboxylic acids is 4. The van der Waals surface area contributed by atoms with Gasteiger partial charge in [-0.05, 0) is 63.6 Å². The number of hydrogen-bond donors (Lipinski definition) is 0. The zero-order valence-corrected chi connectivity index (χ0v) is 26.5. The Morgan fingerprint density at radius 1 is 0.511 bits per heavy atom. The molecular weight excluding hydrogens is 603 g/mol. The van der Waals surface area contributed by atoms with Crippen LogP contribution in [0.5, 0.6) is 23.0 Å². The predicted molar refractivity (Wildman–Crippen MR) is 179 cm³/mol. The molecule has 47 heavy (non-hydrogen) atoms. The molecule has 0 N–H and O–H groups in total. The Kier molecular flexibility index (Phi) is 11.9. The summed E-state index contributed by atoms with van der Waals surface area (Å²) in [5.41, 5.74) is 2.29. The summed E-state index contributed by atoms with van der Waals surface area (Å²) in [6.45, 7) is 20.2. The number of esters is 4. The van der Waals surface area contributed by atoms with Gasteiger partial charge in [-0.3, -0.25) is 0 Å². The van der Waals surface area contributed by atoms with Crippen LogP contribution in [0.25, 0.3) is 24.3 Å². The quantitative estimate of drug-likeness (QED) is 0.0850. The first-order valence-electron chi connectivity index (χ1n) is 14.1. The lowest BCUT2D eigenvalue weighted by molar-refractivity contribution is -0.131. The fourth-order valence-corrected chi connectivity index (χ4v) is 3.52. The van der Waals surface area contributed by atoms with Gasteiger partial charge in [0, 0.05) is 51.1 Å². The third-order valence-electron chi connectivity index (χ3n) is 6.11. The lowest BCUT2D eigenvalue weighted by Crippen LogP contribution is -2.11. The second kappa shape index (κ2) is 15.8. The summed E-state index contributed by atoms with van der Waals surface area (Å²) in [5, 5.41) is 0. The summed E-state index contributed by atoms with van der Waals surface area (Å²) in [5.74, 6) is -2.76. The molecule has 3 aromatic carbocycles. The standard InChI is InChI=1S/C38H33FO8/c1-22(2)35(40)44-30-17-15-28(33(20-30)46-37(42)24(5)6)12-10-26-9-11-27(32(39)19-26)13-14-29-16-18-31(45-36(41)23(3)4)21-34(29)47-38(43)25(7)8/h9-21H,1,3,5,7H2,2,4,6,8H3. The van der Waals surface area contributed by atoms with Gasteiger partial charge in [0.1, 0.15) is 28.8 Å². The molecule has 0 spiro atoms. The second-order valence-corrected chi connectivity index (χ2v) is 10.5. The molecule has 9 heteroatoms. The van der Waals surface area contributed by atoms with Crippen LogP contribution < -0.4 is 18.9 Å². The van der Waals surface area contributed by atoms with Gasteiger partial charge in [-0.1, -0.05) is 62.8 Å². The predicted octanol–water partition coefficient (Wildman–Crippen LogP) is 8.09. The SMILES string of the molecule is C=C(C)C(=O)Oc1ccc(C=Cc2ccc(C=Cc3ccc(OC(=O)C(=C)C)cc3OC(=O)C(=C)C)c(F)c2)c(OC(=O)C(=C)C)c1. The molecule has 0 radical (unpaired) electrons. The summed E-state index contributed by atoms with van der Waals surface area (Å²) in [6, 6.07) is 13.4. The molecule has 3 aromatic rings. The van der Waals surface area contributed by atoms with Gasteiger partial charge >= 0.3 is 23.9 Å². The van der Waals surface area contributed by atoms with Crippen LogP contribution in [0.4, 0.5) is 4.39 Å². The van der Waals surface area contributed by atoms with Gasteiger partial charge in [0.25, 0.3) is 0 Å². The molecule has 0 aromatic heterocycles. The van der Waals surface area contributed by atoms with E-state index in [0.29, 0.717) is 16.7 Å². The fourth-order valence-electron chi connectivity index (χ4n) is 3.52. The molecule has 0 aliphatic carbocycles. The van der Waals surface area contributed by atoms with Gasteiger partial charge in [0.2, 0.25) is 0 Å². The molecule has 3 rings (SSSR count). The van der Waals surface area contributed by atoms with E-state index in [2.05, 4.69) is 26.3 Å². The van der Waals surface area contributed by atoms with E-state index in [9.17, 15) is 19.2 Å². The average molecular weight is 637 g/mol. The summed E-state index contributed by atoms with van der Waals surface area (Å²) >= 11 is 0. The Balaban J connectivity index is 1.88. The molecule has 0 heterocycles. The van der Waals surface area contributed by atoms with E-state index in [4.69, 9.17) is 18.9 Å². The van der Waals surface area contributed by atoms with Crippen molar-refractivity contribution in [2.45, 2.75) is 27.7 Å². The van der Waals surface area contributed by atoms with Crippen molar-refractivity contribution >= 4 is 48.2 Å². The average Bonchev–Trinajstić information content (AvgIpc) is 3.00. The van der Waals surface area contributed by atoms with E-state index in [-0.39, 0.29) is 50.9 Å². The van der Waals surface area contributed by atoms with Crippen molar-refractivity contribution in [1.29, 1.82) is 0 Å². The van der Waals surface area contributed by atoms with E-state index in [1.54, 1.807) is 42.5 Å². The summed E-state index contributed by atoms with van der Waals surface area (Å²) in [7, 11) is 0. The highest BCUT2D eigenvalue weighted by Crippen LogP contribution is 2.30. The zero-order chi connectivity index (χ0) is 34.8. The van der Waals surface area contributed by atoms with Crippen molar-refractivity contribution in [3.05, 3.63) is 131 Å². The normalized spacial score (nSPS) is 10.7. The van der Waals surface area contributed by atoms with Crippen LogP contribution >= 0.6 is 0 Å². The minimum atomic E-state index is -0.689. The van der Waals surface area contributed by atoms with E-state index < -0.39 is 29.7 Å². The molecule has 8 nitrogen and oxygen atoms in total. The van der Waals surface area contributed by atoms with E-state index in [1.165, 1.54) is 64.1 Å². The number of halogens is 1. The maximum atomic E-state index is 15.2. The highest BCUT2D eigenvalue weighted by Gasteiger charge is 2.15. The van der Waals surface area contributed by atoms with Crippen LogP contribution in [0.1, 0.15) is 49.9 Å². The fraction of sp³-hybridized carbons (Fsp3) is 0.105. The molecule has 0 aliphatic heterocycles. The van der Waals surface area contributed by atoms with E-state index in [1.807, 2.05) is 0 Å². The van der Waals surface area contributed by atoms with Crippen LogP contribution in [-0.4, -0.2) is 23.9 Å². The Labute approximate surface area is 272 Å². The highest BCUT2D eigenvalue weighted by molar-refractivity contribution is 5.92. The first-order valence-corrected chi connectivity index (χ1v) is 14.1. The van der Waals surface area contributed by atoms with Crippen molar-refractivity contribution in [2.24, 2.45) is 0 Å². The lowest BCUT2D eigenvalue weighted by Gasteiger charge is -2.11. The molecule has 240 valence electrons. The molecule has 0 fully saturated rings. The van der Waals surface area contributed by atoms with Crippen LogP contribution in [0, 0.1) is 5.82 Å². The second-order valence-electron chi connectivity index (χ2n) is 10.5. The zero-order valence-electron chi connectivity index (χ0n) is 26.5. The van der Waals surface area contributed by atoms with Crippen LogP contribution in [0.15, 0.2) is 103 Å². The molecule has 0 aliphatic rings. The minimum Gasteiger partial charge on any atom is -0.423 e. The lowest BCUT2D eigenvalue weighted by atomic mass is 10.1. The number of carbonyl (C=O) groups is 4. The number of hydrogen-bond acceptors (Lipinski definition) is 8. The van der Waals surface area contributed by atoms with Crippen molar-refractivity contribution in [1.82, 2.24) is 0 Å². The van der Waals surface area contributed by atoms with Crippen LogP contribution in [0.2, 0.25) is 0 Å². The highest BCUT2D eigenvalue weighted by atomic mass is 19.1. The Bertz CT molecular complexity index is 1880. The first kappa shape index (κ1) is 35.4. The largest absolute Gasteiger partial charge is 0.423 e. The molecule has 0 atom stereocenters. The van der Waals surface area contributed by atoms with Gasteiger partial charge < -0.3 is 18.9 Å². The van der Waals surface area contributed by atoms with Gasteiger partial charge in [-0.15, -0.1) is 0 Å². The minimum absolute atomic E-state index is 0.0739. The Morgan fingerprint density at radius 3 is 1.28 bits per heavy atom. The molecule has 0 unspecified atom stereocenters. The first-order chi connectivity index (χ1) is 22.1. The van der Waals surface area contributed by atoms with Gasteiger partial charge in [0.05, 0.1) is 0 Å². The molecule has 0 saturated carbocycles. The summed E-state index contributed by atoms with van der Waals surface area (Å²) in [6.07, 6.45) is 6.27. The van der Waals surface area contributed by atoms with Crippen molar-refractivity contribution in [2.75, 3.05) is 0 Å². The van der Waals surface area contributed by atoms with Crippen LogP contribution in [-0.2, 0) is 19.2 Å². The molecule has 0 amide bonds. The van der Waals surface area contributed by atoms with Crippen molar-refractivity contribution in [3.8, 4) is 23.0 Å². The maximum absolute atomic E-state index is 15.2. The maximum Gasteiger partial charge on any atom is 0.338 e. The third kappa shape index (κ3) is 10.2. The van der Waals surface area contributed by atoms with E-state index >= 15 is 4.39 Å². The van der Waals surface area contributed by atoms with Crippen LogP contribution in [0.3, 0.4) is 0 Å². The number of ether oxygens (including phenoxy) is 4. The summed E-state index contributed by atoms with van der Waals surface area (Å²) in [4.78, 5) is 48.4. The monoisotopic (exact) mass is 636 g/mol. The molecular formula is C38H33FO8. The number of benzene rings is 3. The smallest absolute Gasteiger partial charge is 0.338 e. The Hall–Kier alpha value is -6.09. The molecule has 0 saturated heterocycles. The van der Waals surface area contributed by atoms with Crippen molar-refractivity contribution in [3.63, 3.8) is 0 Å². The van der Waals surface area contributed by atoms with Crippen molar-refractivity contribution < 1.29 is 42.5 Å². The third-order valence-corrected chi connectivity index (χ3v) is 6.11. The number of rotatable bonds is 12. The topological polar surface area (TPSA) is 105 Å². The van der Waals surface area contributed by atoms with E-state index in [0.717, 1.165) is 0 Å². The van der Waals surface area contributed by atoms with Gasteiger partial charge in [-0.2, -0.15) is 0 Å². The Morgan fingerprint density at radius 2 is 0.872 bits per heavy atom.